The number of rotatable bonds is 5. The standard InChI is InChI=1S/C19H19NO4/c1-11-5-7-12(8-6-11)17(21)14-9-13-10-15(22-2)18(23-3)19(24-4)16(13)20-14/h5-10,20H,1-4H3. The number of nitrogens with one attached hydrogen (secondary N) is 1. The van der Waals surface area contributed by atoms with Crippen LogP contribution in [-0.4, -0.2) is 32.1 Å². The Labute approximate surface area is 140 Å². The highest BCUT2D eigenvalue weighted by Crippen LogP contribution is 2.43. The number of carbonyl (C=O) groups excluding carboxylic acids is 1. The van der Waals surface area contributed by atoms with E-state index < -0.39 is 0 Å². The largest absolute Gasteiger partial charge is 0.493 e. The molecule has 0 aliphatic carbocycles. The maximum atomic E-state index is 12.7. The third-order valence-electron chi connectivity index (χ3n) is 3.98. The Morgan fingerprint density at radius 2 is 1.58 bits per heavy atom. The van der Waals surface area contributed by atoms with E-state index in [2.05, 4.69) is 4.98 Å². The van der Waals surface area contributed by atoms with E-state index in [9.17, 15) is 4.79 Å². The molecule has 1 N–H and O–H groups in total. The first-order valence-electron chi connectivity index (χ1n) is 7.52. The topological polar surface area (TPSA) is 60.6 Å². The van der Waals surface area contributed by atoms with Crippen LogP contribution in [0.1, 0.15) is 21.6 Å². The van der Waals surface area contributed by atoms with Gasteiger partial charge in [0.15, 0.2) is 11.5 Å². The van der Waals surface area contributed by atoms with Crippen LogP contribution in [0.15, 0.2) is 36.4 Å². The summed E-state index contributed by atoms with van der Waals surface area (Å²) in [5.74, 6) is 1.47. The summed E-state index contributed by atoms with van der Waals surface area (Å²) < 4.78 is 16.2. The van der Waals surface area contributed by atoms with Gasteiger partial charge >= 0.3 is 0 Å². The molecule has 1 heterocycles. The van der Waals surface area contributed by atoms with Crippen LogP contribution >= 0.6 is 0 Å². The normalized spacial score (nSPS) is 10.7. The van der Waals surface area contributed by atoms with E-state index in [-0.39, 0.29) is 5.78 Å². The van der Waals surface area contributed by atoms with Gasteiger partial charge in [-0.15, -0.1) is 0 Å². The molecule has 2 aromatic carbocycles. The molecule has 3 aromatic rings. The smallest absolute Gasteiger partial charge is 0.209 e. The minimum atomic E-state index is -0.0776. The Balaban J connectivity index is 2.14. The molecule has 0 aliphatic rings. The second-order valence-corrected chi connectivity index (χ2v) is 5.49. The number of ether oxygens (including phenoxy) is 3. The number of carbonyl (C=O) groups is 1. The Hall–Kier alpha value is -2.95. The third-order valence-corrected chi connectivity index (χ3v) is 3.98. The van der Waals surface area contributed by atoms with Gasteiger partial charge in [-0.05, 0) is 19.1 Å². The van der Waals surface area contributed by atoms with Gasteiger partial charge in [0.2, 0.25) is 11.5 Å². The van der Waals surface area contributed by atoms with E-state index in [1.54, 1.807) is 27.4 Å². The molecule has 1 aromatic heterocycles. The van der Waals surface area contributed by atoms with Crippen LogP contribution in [-0.2, 0) is 0 Å². The van der Waals surface area contributed by atoms with Crippen molar-refractivity contribution >= 4 is 16.7 Å². The van der Waals surface area contributed by atoms with Crippen molar-refractivity contribution in [1.29, 1.82) is 0 Å². The van der Waals surface area contributed by atoms with E-state index in [4.69, 9.17) is 14.2 Å². The summed E-state index contributed by atoms with van der Waals surface area (Å²) in [4.78, 5) is 15.8. The summed E-state index contributed by atoms with van der Waals surface area (Å²) in [7, 11) is 4.67. The number of hydrogen-bond acceptors (Lipinski definition) is 4. The molecule has 0 fully saturated rings. The maximum absolute atomic E-state index is 12.7. The molecule has 0 atom stereocenters. The van der Waals surface area contributed by atoms with Crippen molar-refractivity contribution in [2.24, 2.45) is 0 Å². The SMILES string of the molecule is COc1cc2cc(C(=O)c3ccc(C)cc3)[nH]c2c(OC)c1OC. The zero-order valence-corrected chi connectivity index (χ0v) is 14.1. The number of H-pyrrole nitrogens is 1. The molecule has 0 saturated heterocycles. The Bertz CT molecular complexity index is 894. The molecule has 0 amide bonds. The minimum absolute atomic E-state index is 0.0776. The summed E-state index contributed by atoms with van der Waals surface area (Å²) in [5.41, 5.74) is 2.93. The van der Waals surface area contributed by atoms with Crippen molar-refractivity contribution < 1.29 is 19.0 Å². The van der Waals surface area contributed by atoms with Crippen molar-refractivity contribution in [3.8, 4) is 17.2 Å². The summed E-state index contributed by atoms with van der Waals surface area (Å²) >= 11 is 0. The lowest BCUT2D eigenvalue weighted by atomic mass is 10.1. The number of ketones is 1. The number of aryl methyl sites for hydroxylation is 1. The number of aromatic amines is 1. The van der Waals surface area contributed by atoms with Crippen LogP contribution in [0.3, 0.4) is 0 Å². The molecule has 124 valence electrons. The van der Waals surface area contributed by atoms with Crippen LogP contribution in [0.2, 0.25) is 0 Å². The molecular weight excluding hydrogens is 306 g/mol. The third kappa shape index (κ3) is 2.58. The highest BCUT2D eigenvalue weighted by molar-refractivity contribution is 6.10. The lowest BCUT2D eigenvalue weighted by Gasteiger charge is -2.12. The summed E-state index contributed by atoms with van der Waals surface area (Å²) in [6, 6.07) is 11.1. The Morgan fingerprint density at radius 1 is 0.917 bits per heavy atom. The highest BCUT2D eigenvalue weighted by atomic mass is 16.5. The van der Waals surface area contributed by atoms with Crippen molar-refractivity contribution in [2.75, 3.05) is 21.3 Å². The summed E-state index contributed by atoms with van der Waals surface area (Å²) in [6.45, 7) is 1.99. The average Bonchev–Trinajstić information content (AvgIpc) is 3.03. The molecule has 0 aliphatic heterocycles. The first-order chi connectivity index (χ1) is 11.6. The molecule has 5 heteroatoms. The fourth-order valence-electron chi connectivity index (χ4n) is 2.73. The van der Waals surface area contributed by atoms with Gasteiger partial charge in [-0.2, -0.15) is 0 Å². The van der Waals surface area contributed by atoms with Gasteiger partial charge in [-0.1, -0.05) is 29.8 Å². The molecule has 0 unspecified atom stereocenters. The molecule has 0 radical (unpaired) electrons. The summed E-state index contributed by atoms with van der Waals surface area (Å²) in [6.07, 6.45) is 0. The van der Waals surface area contributed by atoms with Crippen molar-refractivity contribution in [3.05, 3.63) is 53.2 Å². The van der Waals surface area contributed by atoms with Gasteiger partial charge in [-0.3, -0.25) is 4.79 Å². The van der Waals surface area contributed by atoms with Gasteiger partial charge in [0, 0.05) is 10.9 Å². The van der Waals surface area contributed by atoms with Crippen LogP contribution in [0.4, 0.5) is 0 Å². The maximum Gasteiger partial charge on any atom is 0.209 e. The van der Waals surface area contributed by atoms with Gasteiger partial charge in [0.25, 0.3) is 0 Å². The minimum Gasteiger partial charge on any atom is -0.493 e. The van der Waals surface area contributed by atoms with Crippen molar-refractivity contribution in [1.82, 2.24) is 4.98 Å². The lowest BCUT2D eigenvalue weighted by molar-refractivity contribution is 0.103. The quantitative estimate of drug-likeness (QED) is 0.726. The van der Waals surface area contributed by atoms with E-state index >= 15 is 0 Å². The molecule has 24 heavy (non-hydrogen) atoms. The van der Waals surface area contributed by atoms with E-state index in [0.29, 0.717) is 34.0 Å². The van der Waals surface area contributed by atoms with Crippen molar-refractivity contribution in [3.63, 3.8) is 0 Å². The first kappa shape index (κ1) is 15.9. The van der Waals surface area contributed by atoms with Crippen LogP contribution in [0.25, 0.3) is 10.9 Å². The molecule has 0 saturated carbocycles. The number of benzene rings is 2. The van der Waals surface area contributed by atoms with Gasteiger partial charge in [0.1, 0.15) is 0 Å². The molecule has 5 nitrogen and oxygen atoms in total. The second kappa shape index (κ2) is 6.28. The van der Waals surface area contributed by atoms with Crippen LogP contribution < -0.4 is 14.2 Å². The predicted octanol–water partition coefficient (Wildman–Crippen LogP) is 3.73. The van der Waals surface area contributed by atoms with E-state index in [1.165, 1.54) is 0 Å². The van der Waals surface area contributed by atoms with Crippen molar-refractivity contribution in [2.45, 2.75) is 6.92 Å². The number of fused-ring (bicyclic) bond motifs is 1. The zero-order chi connectivity index (χ0) is 17.3. The Kier molecular flexibility index (Phi) is 4.16. The second-order valence-electron chi connectivity index (χ2n) is 5.49. The number of methoxy groups -OCH3 is 3. The van der Waals surface area contributed by atoms with Gasteiger partial charge in [0.05, 0.1) is 32.5 Å². The molecule has 3 rings (SSSR count). The van der Waals surface area contributed by atoms with E-state index in [1.807, 2.05) is 37.3 Å². The molecule has 0 spiro atoms. The summed E-state index contributed by atoms with van der Waals surface area (Å²) in [5, 5.41) is 0.819. The fraction of sp³-hybridized carbons (Fsp3) is 0.211. The Morgan fingerprint density at radius 3 is 2.17 bits per heavy atom. The van der Waals surface area contributed by atoms with Crippen LogP contribution in [0, 0.1) is 6.92 Å². The molecule has 0 bridgehead atoms. The monoisotopic (exact) mass is 325 g/mol. The number of hydrogen-bond donors (Lipinski definition) is 1. The number of aromatic nitrogens is 1. The van der Waals surface area contributed by atoms with Crippen LogP contribution in [0.5, 0.6) is 17.2 Å². The van der Waals surface area contributed by atoms with Gasteiger partial charge in [-0.25, -0.2) is 0 Å². The van der Waals surface area contributed by atoms with Gasteiger partial charge < -0.3 is 19.2 Å². The lowest BCUT2D eigenvalue weighted by Crippen LogP contribution is -2.01. The van der Waals surface area contributed by atoms with E-state index in [0.717, 1.165) is 10.9 Å². The first-order valence-corrected chi connectivity index (χ1v) is 7.52. The predicted molar refractivity (Wildman–Crippen MR) is 92.6 cm³/mol. The average molecular weight is 325 g/mol. The zero-order valence-electron chi connectivity index (χ0n) is 14.1. The fourth-order valence-corrected chi connectivity index (χ4v) is 2.73. The highest BCUT2D eigenvalue weighted by Gasteiger charge is 2.20. The molecular formula is C19H19NO4.